The van der Waals surface area contributed by atoms with Crippen LogP contribution in [0.4, 0.5) is 0 Å². The van der Waals surface area contributed by atoms with Gasteiger partial charge in [0.05, 0.1) is 0 Å². The van der Waals surface area contributed by atoms with Crippen LogP contribution in [-0.4, -0.2) is 37.6 Å². The molecule has 2 rings (SSSR count). The number of nitrogens with zero attached hydrogens (tertiary/aromatic N) is 1. The topological polar surface area (TPSA) is 15.3 Å². The lowest BCUT2D eigenvalue weighted by atomic mass is 9.97. The van der Waals surface area contributed by atoms with E-state index in [9.17, 15) is 0 Å². The summed E-state index contributed by atoms with van der Waals surface area (Å²) in [5.74, 6) is 0.963. The third-order valence-corrected chi connectivity index (χ3v) is 3.55. The van der Waals surface area contributed by atoms with E-state index in [2.05, 4.69) is 24.3 Å². The highest BCUT2D eigenvalue weighted by molar-refractivity contribution is 5.02. The first-order valence-electron chi connectivity index (χ1n) is 5.12. The Balaban J connectivity index is 1.80. The van der Waals surface area contributed by atoms with Crippen molar-refractivity contribution in [3.8, 4) is 0 Å². The summed E-state index contributed by atoms with van der Waals surface area (Å²) in [4.78, 5) is 2.45. The molecule has 1 N–H and O–H groups in total. The van der Waals surface area contributed by atoms with Crippen molar-refractivity contribution in [3.05, 3.63) is 0 Å². The van der Waals surface area contributed by atoms with Crippen LogP contribution in [0.5, 0.6) is 0 Å². The van der Waals surface area contributed by atoms with Gasteiger partial charge in [-0.05, 0) is 52.2 Å². The van der Waals surface area contributed by atoms with Crippen LogP contribution in [0.25, 0.3) is 0 Å². The number of hydrogen-bond acceptors (Lipinski definition) is 2. The second-order valence-corrected chi connectivity index (χ2v) is 4.65. The summed E-state index contributed by atoms with van der Waals surface area (Å²) in [5, 5.41) is 3.48. The zero-order valence-corrected chi connectivity index (χ0v) is 8.27. The van der Waals surface area contributed by atoms with Crippen LogP contribution in [0.2, 0.25) is 0 Å². The molecule has 2 aliphatic rings. The zero-order valence-electron chi connectivity index (χ0n) is 8.27. The lowest BCUT2D eigenvalue weighted by molar-refractivity contribution is 0.356. The smallest absolute Gasteiger partial charge is 0.0183 e. The lowest BCUT2D eigenvalue weighted by Crippen LogP contribution is -2.30. The molecule has 1 saturated carbocycles. The third kappa shape index (κ3) is 1.64. The molecule has 0 bridgehead atoms. The van der Waals surface area contributed by atoms with Crippen LogP contribution in [0, 0.1) is 5.92 Å². The SMILES string of the molecule is CNC1(CC2CCN(C)C2)CC1. The zero-order chi connectivity index (χ0) is 8.60. The molecule has 1 saturated heterocycles. The van der Waals surface area contributed by atoms with Gasteiger partial charge in [0, 0.05) is 12.1 Å². The van der Waals surface area contributed by atoms with Crippen molar-refractivity contribution in [3.63, 3.8) is 0 Å². The van der Waals surface area contributed by atoms with Gasteiger partial charge in [0.25, 0.3) is 0 Å². The maximum Gasteiger partial charge on any atom is 0.0183 e. The molecule has 1 atom stereocenters. The first kappa shape index (κ1) is 8.52. The first-order valence-corrected chi connectivity index (χ1v) is 5.12. The quantitative estimate of drug-likeness (QED) is 0.678. The summed E-state index contributed by atoms with van der Waals surface area (Å²) in [7, 11) is 4.35. The minimum Gasteiger partial charge on any atom is -0.314 e. The van der Waals surface area contributed by atoms with Gasteiger partial charge in [0.15, 0.2) is 0 Å². The maximum atomic E-state index is 3.48. The summed E-state index contributed by atoms with van der Waals surface area (Å²) in [6.45, 7) is 2.63. The molecular weight excluding hydrogens is 148 g/mol. The molecule has 0 aromatic rings. The molecule has 0 spiro atoms. The van der Waals surface area contributed by atoms with Gasteiger partial charge in [-0.3, -0.25) is 0 Å². The van der Waals surface area contributed by atoms with Gasteiger partial charge >= 0.3 is 0 Å². The number of likely N-dealkylation sites (tertiary alicyclic amines) is 1. The van der Waals surface area contributed by atoms with Gasteiger partial charge in [-0.15, -0.1) is 0 Å². The van der Waals surface area contributed by atoms with E-state index in [4.69, 9.17) is 0 Å². The second-order valence-electron chi connectivity index (χ2n) is 4.65. The fourth-order valence-corrected chi connectivity index (χ4v) is 2.45. The lowest BCUT2D eigenvalue weighted by Gasteiger charge is -2.18. The molecule has 0 radical (unpaired) electrons. The van der Waals surface area contributed by atoms with E-state index in [0.29, 0.717) is 5.54 Å². The van der Waals surface area contributed by atoms with Gasteiger partial charge in [-0.1, -0.05) is 0 Å². The second kappa shape index (κ2) is 3.00. The Kier molecular flexibility index (Phi) is 2.13. The normalized spacial score (nSPS) is 34.0. The van der Waals surface area contributed by atoms with Crippen molar-refractivity contribution in [2.75, 3.05) is 27.2 Å². The van der Waals surface area contributed by atoms with Gasteiger partial charge in [0.1, 0.15) is 0 Å². The minimum absolute atomic E-state index is 0.565. The van der Waals surface area contributed by atoms with Crippen LogP contribution in [0.1, 0.15) is 25.7 Å². The molecule has 0 aromatic heterocycles. The van der Waals surface area contributed by atoms with E-state index in [-0.39, 0.29) is 0 Å². The summed E-state index contributed by atoms with van der Waals surface area (Å²) in [6.07, 6.45) is 5.64. The van der Waals surface area contributed by atoms with Crippen LogP contribution < -0.4 is 5.32 Å². The van der Waals surface area contributed by atoms with Crippen LogP contribution in [0.3, 0.4) is 0 Å². The fourth-order valence-electron chi connectivity index (χ4n) is 2.45. The van der Waals surface area contributed by atoms with Gasteiger partial charge in [0.2, 0.25) is 0 Å². The van der Waals surface area contributed by atoms with E-state index >= 15 is 0 Å². The molecule has 1 unspecified atom stereocenters. The predicted octanol–water partition coefficient (Wildman–Crippen LogP) is 1.08. The van der Waals surface area contributed by atoms with Crippen molar-refractivity contribution in [1.82, 2.24) is 10.2 Å². The number of nitrogens with one attached hydrogen (secondary N) is 1. The van der Waals surface area contributed by atoms with Gasteiger partial charge in [-0.25, -0.2) is 0 Å². The molecule has 1 aliphatic carbocycles. The van der Waals surface area contributed by atoms with Gasteiger partial charge in [-0.2, -0.15) is 0 Å². The fraction of sp³-hybridized carbons (Fsp3) is 1.00. The van der Waals surface area contributed by atoms with E-state index < -0.39 is 0 Å². The van der Waals surface area contributed by atoms with Crippen LogP contribution in [0.15, 0.2) is 0 Å². The molecule has 2 heteroatoms. The Morgan fingerprint density at radius 3 is 2.67 bits per heavy atom. The van der Waals surface area contributed by atoms with Crippen molar-refractivity contribution in [1.29, 1.82) is 0 Å². The van der Waals surface area contributed by atoms with E-state index in [1.807, 2.05) is 0 Å². The van der Waals surface area contributed by atoms with Gasteiger partial charge < -0.3 is 10.2 Å². The average molecular weight is 168 g/mol. The van der Waals surface area contributed by atoms with Crippen molar-refractivity contribution in [2.45, 2.75) is 31.2 Å². The Bertz CT molecular complexity index is 163. The molecule has 2 nitrogen and oxygen atoms in total. The first-order chi connectivity index (χ1) is 5.74. The third-order valence-electron chi connectivity index (χ3n) is 3.55. The Morgan fingerprint density at radius 1 is 1.50 bits per heavy atom. The highest BCUT2D eigenvalue weighted by Gasteiger charge is 2.43. The Morgan fingerprint density at radius 2 is 2.25 bits per heavy atom. The highest BCUT2D eigenvalue weighted by atomic mass is 15.1. The molecule has 70 valence electrons. The molecular formula is C10H20N2. The minimum atomic E-state index is 0.565. The van der Waals surface area contributed by atoms with Crippen molar-refractivity contribution in [2.24, 2.45) is 5.92 Å². The summed E-state index contributed by atoms with van der Waals surface area (Å²) >= 11 is 0. The van der Waals surface area contributed by atoms with Crippen LogP contribution >= 0.6 is 0 Å². The van der Waals surface area contributed by atoms with Crippen molar-refractivity contribution >= 4 is 0 Å². The van der Waals surface area contributed by atoms with E-state index in [1.54, 1.807) is 0 Å². The van der Waals surface area contributed by atoms with E-state index in [0.717, 1.165) is 5.92 Å². The van der Waals surface area contributed by atoms with E-state index in [1.165, 1.54) is 38.8 Å². The summed E-state index contributed by atoms with van der Waals surface area (Å²) in [5.41, 5.74) is 0.565. The molecule has 0 amide bonds. The van der Waals surface area contributed by atoms with Crippen molar-refractivity contribution < 1.29 is 0 Å². The highest BCUT2D eigenvalue weighted by Crippen LogP contribution is 2.42. The molecule has 1 heterocycles. The summed E-state index contributed by atoms with van der Waals surface area (Å²) < 4.78 is 0. The maximum absolute atomic E-state index is 3.48. The average Bonchev–Trinajstić information content (AvgIpc) is 2.71. The molecule has 12 heavy (non-hydrogen) atoms. The van der Waals surface area contributed by atoms with Crippen LogP contribution in [-0.2, 0) is 0 Å². The number of rotatable bonds is 3. The molecule has 2 fully saturated rings. The monoisotopic (exact) mass is 168 g/mol. The largest absolute Gasteiger partial charge is 0.314 e. The summed E-state index contributed by atoms with van der Waals surface area (Å²) in [6, 6.07) is 0. The standard InChI is InChI=1S/C10H20N2/c1-11-10(4-5-10)7-9-3-6-12(2)8-9/h9,11H,3-8H2,1-2H3. The number of hydrogen-bond donors (Lipinski definition) is 1. The molecule has 1 aliphatic heterocycles. The molecule has 0 aromatic carbocycles. The Labute approximate surface area is 75.3 Å². The predicted molar refractivity (Wildman–Crippen MR) is 51.2 cm³/mol. The Hall–Kier alpha value is -0.0800.